The number of aliphatic carboxylic acids is 1. The third-order valence-corrected chi connectivity index (χ3v) is 4.74. The number of anilines is 1. The summed E-state index contributed by atoms with van der Waals surface area (Å²) in [6.07, 6.45) is 1.96. The van der Waals surface area contributed by atoms with E-state index in [1.165, 1.54) is 19.4 Å². The van der Waals surface area contributed by atoms with Gasteiger partial charge in [0.25, 0.3) is 5.91 Å². The van der Waals surface area contributed by atoms with Gasteiger partial charge in [0.1, 0.15) is 16.4 Å². The standard InChI is InChI=1S/C17H19N3O7S/c1-4-7-27-16(24)12-9(2)13(17(25)26-3)28-15(12)18-14(23)10-5-6-20(19-10)8-11(21)22/h5-6H,4,7-8H2,1-3H3,(H,18,23)(H,21,22). The van der Waals surface area contributed by atoms with Crippen molar-refractivity contribution < 1.29 is 33.8 Å². The van der Waals surface area contributed by atoms with E-state index in [9.17, 15) is 19.2 Å². The molecular formula is C17H19N3O7S. The summed E-state index contributed by atoms with van der Waals surface area (Å²) in [5.74, 6) is -3.07. The highest BCUT2D eigenvalue weighted by Gasteiger charge is 2.27. The van der Waals surface area contributed by atoms with Crippen molar-refractivity contribution in [1.82, 2.24) is 9.78 Å². The Balaban J connectivity index is 2.33. The first kappa shape index (κ1) is 21.1. The minimum Gasteiger partial charge on any atom is -0.480 e. The average Bonchev–Trinajstić information content (AvgIpc) is 3.23. The Kier molecular flexibility index (Phi) is 6.88. The minimum atomic E-state index is -1.10. The molecule has 0 aliphatic rings. The zero-order chi connectivity index (χ0) is 20.8. The first-order chi connectivity index (χ1) is 13.3. The van der Waals surface area contributed by atoms with E-state index in [1.54, 1.807) is 6.92 Å². The van der Waals surface area contributed by atoms with E-state index in [0.717, 1.165) is 16.0 Å². The number of aromatic nitrogens is 2. The Morgan fingerprint density at radius 1 is 1.29 bits per heavy atom. The molecule has 0 radical (unpaired) electrons. The van der Waals surface area contributed by atoms with Gasteiger partial charge in [0, 0.05) is 6.20 Å². The van der Waals surface area contributed by atoms with Gasteiger partial charge in [-0.1, -0.05) is 6.92 Å². The molecule has 11 heteroatoms. The zero-order valence-electron chi connectivity index (χ0n) is 15.5. The van der Waals surface area contributed by atoms with Crippen molar-refractivity contribution >= 4 is 40.2 Å². The molecule has 10 nitrogen and oxygen atoms in total. The average molecular weight is 409 g/mol. The molecule has 2 heterocycles. The predicted molar refractivity (Wildman–Crippen MR) is 98.8 cm³/mol. The lowest BCUT2D eigenvalue weighted by Gasteiger charge is -2.07. The summed E-state index contributed by atoms with van der Waals surface area (Å²) in [4.78, 5) is 47.7. The summed E-state index contributed by atoms with van der Waals surface area (Å²) in [5, 5.41) is 15.3. The molecule has 2 N–H and O–H groups in total. The van der Waals surface area contributed by atoms with E-state index >= 15 is 0 Å². The molecule has 0 atom stereocenters. The summed E-state index contributed by atoms with van der Waals surface area (Å²) in [6, 6.07) is 1.34. The number of hydrogen-bond donors (Lipinski definition) is 2. The number of hydrogen-bond acceptors (Lipinski definition) is 8. The molecule has 0 unspecified atom stereocenters. The lowest BCUT2D eigenvalue weighted by molar-refractivity contribution is -0.137. The monoisotopic (exact) mass is 409 g/mol. The van der Waals surface area contributed by atoms with Crippen molar-refractivity contribution in [2.24, 2.45) is 0 Å². The Labute approximate surface area is 164 Å². The van der Waals surface area contributed by atoms with Crippen LogP contribution in [0.2, 0.25) is 0 Å². The van der Waals surface area contributed by atoms with Crippen molar-refractivity contribution in [2.75, 3.05) is 19.0 Å². The summed E-state index contributed by atoms with van der Waals surface area (Å²) in [5.41, 5.74) is 0.363. The summed E-state index contributed by atoms with van der Waals surface area (Å²) in [6.45, 7) is 3.19. The number of rotatable bonds is 8. The number of methoxy groups -OCH3 is 1. The molecule has 2 aromatic rings. The highest BCUT2D eigenvalue weighted by Crippen LogP contribution is 2.34. The largest absolute Gasteiger partial charge is 0.480 e. The molecular weight excluding hydrogens is 390 g/mol. The third-order valence-electron chi connectivity index (χ3n) is 3.56. The summed E-state index contributed by atoms with van der Waals surface area (Å²) in [7, 11) is 1.21. The van der Waals surface area contributed by atoms with Crippen LogP contribution >= 0.6 is 11.3 Å². The Hall–Kier alpha value is -3.21. The number of esters is 2. The fourth-order valence-corrected chi connectivity index (χ4v) is 3.39. The second-order valence-corrected chi connectivity index (χ2v) is 6.65. The van der Waals surface area contributed by atoms with Gasteiger partial charge in [-0.05, 0) is 25.0 Å². The van der Waals surface area contributed by atoms with Crippen LogP contribution in [0.1, 0.15) is 49.4 Å². The SMILES string of the molecule is CCCOC(=O)c1c(NC(=O)c2ccn(CC(=O)O)n2)sc(C(=O)OC)c1C. The van der Waals surface area contributed by atoms with E-state index in [4.69, 9.17) is 14.6 Å². The van der Waals surface area contributed by atoms with Gasteiger partial charge in [0.2, 0.25) is 0 Å². The van der Waals surface area contributed by atoms with Gasteiger partial charge < -0.3 is 19.9 Å². The molecule has 0 saturated heterocycles. The number of thiophene rings is 1. The third kappa shape index (κ3) is 4.74. The maximum atomic E-state index is 12.5. The number of nitrogens with zero attached hydrogens (tertiary/aromatic N) is 2. The number of carboxylic acids is 1. The van der Waals surface area contributed by atoms with E-state index in [1.807, 2.05) is 6.92 Å². The zero-order valence-corrected chi connectivity index (χ0v) is 16.3. The lowest BCUT2D eigenvalue weighted by atomic mass is 10.1. The van der Waals surface area contributed by atoms with Crippen molar-refractivity contribution in [1.29, 1.82) is 0 Å². The Morgan fingerprint density at radius 2 is 2.00 bits per heavy atom. The maximum Gasteiger partial charge on any atom is 0.348 e. The molecule has 0 aromatic carbocycles. The van der Waals surface area contributed by atoms with E-state index < -0.39 is 30.4 Å². The second-order valence-electron chi connectivity index (χ2n) is 5.63. The Bertz CT molecular complexity index is 916. The molecule has 0 spiro atoms. The van der Waals surface area contributed by atoms with Gasteiger partial charge in [0.15, 0.2) is 5.69 Å². The smallest absolute Gasteiger partial charge is 0.348 e. The van der Waals surface area contributed by atoms with Crippen LogP contribution in [0.5, 0.6) is 0 Å². The topological polar surface area (TPSA) is 137 Å². The van der Waals surface area contributed by atoms with Crippen LogP contribution in [0, 0.1) is 6.92 Å². The summed E-state index contributed by atoms with van der Waals surface area (Å²) < 4.78 is 10.9. The Morgan fingerprint density at radius 3 is 2.61 bits per heavy atom. The number of amides is 1. The van der Waals surface area contributed by atoms with Gasteiger partial charge in [-0.2, -0.15) is 5.10 Å². The quantitative estimate of drug-likeness (QED) is 0.631. The molecule has 0 bridgehead atoms. The number of carbonyl (C=O) groups excluding carboxylic acids is 3. The van der Waals surface area contributed by atoms with Gasteiger partial charge in [-0.3, -0.25) is 14.3 Å². The lowest BCUT2D eigenvalue weighted by Crippen LogP contribution is -2.16. The normalized spacial score (nSPS) is 10.4. The van der Waals surface area contributed by atoms with Crippen LogP contribution in [0.15, 0.2) is 12.3 Å². The van der Waals surface area contributed by atoms with E-state index in [0.29, 0.717) is 12.0 Å². The molecule has 0 aliphatic heterocycles. The molecule has 0 aliphatic carbocycles. The summed E-state index contributed by atoms with van der Waals surface area (Å²) >= 11 is 0.885. The molecule has 2 aromatic heterocycles. The first-order valence-corrected chi connectivity index (χ1v) is 9.05. The first-order valence-electron chi connectivity index (χ1n) is 8.23. The van der Waals surface area contributed by atoms with Crippen LogP contribution < -0.4 is 5.32 Å². The van der Waals surface area contributed by atoms with E-state index in [2.05, 4.69) is 10.4 Å². The number of ether oxygens (including phenoxy) is 2. The maximum absolute atomic E-state index is 12.5. The molecule has 1 amide bonds. The predicted octanol–water partition coefficient (Wildman–Crippen LogP) is 1.94. The van der Waals surface area contributed by atoms with Crippen molar-refractivity contribution in [3.63, 3.8) is 0 Å². The second kappa shape index (κ2) is 9.13. The van der Waals surface area contributed by atoms with Crippen molar-refractivity contribution in [3.8, 4) is 0 Å². The van der Waals surface area contributed by atoms with Gasteiger partial charge in [-0.25, -0.2) is 9.59 Å². The highest BCUT2D eigenvalue weighted by atomic mass is 32.1. The van der Waals surface area contributed by atoms with Crippen LogP contribution in [0.3, 0.4) is 0 Å². The molecule has 0 fully saturated rings. The fourth-order valence-electron chi connectivity index (χ4n) is 2.28. The molecule has 2 rings (SSSR count). The molecule has 150 valence electrons. The molecule has 0 saturated carbocycles. The van der Waals surface area contributed by atoms with Gasteiger partial charge >= 0.3 is 17.9 Å². The minimum absolute atomic E-state index is 0.0419. The molecule has 28 heavy (non-hydrogen) atoms. The number of carbonyl (C=O) groups is 4. The van der Waals surface area contributed by atoms with Crippen LogP contribution in [-0.2, 0) is 20.8 Å². The van der Waals surface area contributed by atoms with Gasteiger partial charge in [0.05, 0.1) is 19.3 Å². The fraction of sp³-hybridized carbons (Fsp3) is 0.353. The van der Waals surface area contributed by atoms with Crippen LogP contribution in [0.4, 0.5) is 5.00 Å². The van der Waals surface area contributed by atoms with E-state index in [-0.39, 0.29) is 27.7 Å². The van der Waals surface area contributed by atoms with Gasteiger partial charge in [-0.15, -0.1) is 11.3 Å². The highest BCUT2D eigenvalue weighted by molar-refractivity contribution is 7.18. The number of carboxylic acid groups (broad SMARTS) is 1. The number of nitrogens with one attached hydrogen (secondary N) is 1. The van der Waals surface area contributed by atoms with Crippen molar-refractivity contribution in [2.45, 2.75) is 26.8 Å². The van der Waals surface area contributed by atoms with Crippen LogP contribution in [0.25, 0.3) is 0 Å². The van der Waals surface area contributed by atoms with Crippen LogP contribution in [-0.4, -0.2) is 52.4 Å². The van der Waals surface area contributed by atoms with Crippen molar-refractivity contribution in [3.05, 3.63) is 34.0 Å².